The van der Waals surface area contributed by atoms with Gasteiger partial charge in [0.1, 0.15) is 17.5 Å². The number of hydrogen-bond acceptors (Lipinski definition) is 4. The molecule has 0 aliphatic carbocycles. The van der Waals surface area contributed by atoms with Crippen LogP contribution >= 0.6 is 0 Å². The van der Waals surface area contributed by atoms with Crippen molar-refractivity contribution in [1.82, 2.24) is 0 Å². The normalized spacial score (nSPS) is 18.3. The fourth-order valence-corrected chi connectivity index (χ4v) is 1.87. The van der Waals surface area contributed by atoms with Crippen molar-refractivity contribution in [2.24, 2.45) is 10.9 Å². The summed E-state index contributed by atoms with van der Waals surface area (Å²) in [5.74, 6) is -1.29. The van der Waals surface area contributed by atoms with E-state index < -0.39 is 17.9 Å². The predicted octanol–water partition coefficient (Wildman–Crippen LogP) is 1.83. The zero-order valence-corrected chi connectivity index (χ0v) is 11.2. The van der Waals surface area contributed by atoms with Crippen LogP contribution < -0.4 is 9.64 Å². The third-order valence-electron chi connectivity index (χ3n) is 2.86. The van der Waals surface area contributed by atoms with E-state index in [1.54, 1.807) is 24.3 Å². The minimum Gasteiger partial charge on any atom is -0.494 e. The van der Waals surface area contributed by atoms with Gasteiger partial charge in [-0.25, -0.2) is 14.7 Å². The molecule has 1 aliphatic heterocycles. The smallest absolute Gasteiger partial charge is 0.354 e. The SMILES string of the molecule is CCOc1ccc(N2C(=O)N=CC(C(C)=O)C2=O)cc1. The van der Waals surface area contributed by atoms with E-state index in [4.69, 9.17) is 4.74 Å². The summed E-state index contributed by atoms with van der Waals surface area (Å²) < 4.78 is 5.29. The molecule has 0 bridgehead atoms. The van der Waals surface area contributed by atoms with E-state index >= 15 is 0 Å². The number of ketones is 1. The molecular weight excluding hydrogens is 260 g/mol. The highest BCUT2D eigenvalue weighted by Crippen LogP contribution is 2.23. The van der Waals surface area contributed by atoms with Crippen LogP contribution in [0.2, 0.25) is 0 Å². The maximum atomic E-state index is 12.2. The van der Waals surface area contributed by atoms with Gasteiger partial charge < -0.3 is 4.74 Å². The molecule has 0 fully saturated rings. The second-order valence-electron chi connectivity index (χ2n) is 4.25. The Bertz CT molecular complexity index is 577. The third-order valence-corrected chi connectivity index (χ3v) is 2.86. The Labute approximate surface area is 116 Å². The van der Waals surface area contributed by atoms with Crippen LogP contribution in [0.5, 0.6) is 5.75 Å². The molecule has 3 amide bonds. The van der Waals surface area contributed by atoms with E-state index in [0.717, 1.165) is 11.1 Å². The Balaban J connectivity index is 2.31. The van der Waals surface area contributed by atoms with Crippen molar-refractivity contribution < 1.29 is 19.1 Å². The van der Waals surface area contributed by atoms with Gasteiger partial charge in [-0.1, -0.05) is 0 Å². The average molecular weight is 274 g/mol. The molecule has 20 heavy (non-hydrogen) atoms. The highest BCUT2D eigenvalue weighted by Gasteiger charge is 2.35. The number of Topliss-reactive ketones (excluding diaryl/α,β-unsaturated/α-hetero) is 1. The van der Waals surface area contributed by atoms with Crippen molar-refractivity contribution in [2.75, 3.05) is 11.5 Å². The minimum atomic E-state index is -1.00. The van der Waals surface area contributed by atoms with Crippen molar-refractivity contribution in [3.8, 4) is 5.75 Å². The van der Waals surface area contributed by atoms with Gasteiger partial charge in [0.2, 0.25) is 0 Å². The van der Waals surface area contributed by atoms with Gasteiger partial charge in [0.05, 0.1) is 12.3 Å². The number of hydrogen-bond donors (Lipinski definition) is 0. The predicted molar refractivity (Wildman–Crippen MR) is 73.2 cm³/mol. The monoisotopic (exact) mass is 274 g/mol. The van der Waals surface area contributed by atoms with Crippen LogP contribution in [0.15, 0.2) is 29.3 Å². The molecule has 2 rings (SSSR count). The fourth-order valence-electron chi connectivity index (χ4n) is 1.87. The second kappa shape index (κ2) is 5.64. The number of benzene rings is 1. The van der Waals surface area contributed by atoms with Crippen LogP contribution in [0.3, 0.4) is 0 Å². The van der Waals surface area contributed by atoms with Crippen LogP contribution in [0, 0.1) is 5.92 Å². The summed E-state index contributed by atoms with van der Waals surface area (Å²) in [6.07, 6.45) is 1.10. The summed E-state index contributed by atoms with van der Waals surface area (Å²) in [5, 5.41) is 0. The largest absolute Gasteiger partial charge is 0.494 e. The zero-order valence-electron chi connectivity index (χ0n) is 11.2. The summed E-state index contributed by atoms with van der Waals surface area (Å²) in [4.78, 5) is 39.8. The quantitative estimate of drug-likeness (QED) is 0.785. The number of anilines is 1. The molecule has 6 heteroatoms. The number of imide groups is 1. The van der Waals surface area contributed by atoms with Gasteiger partial charge in [0.15, 0.2) is 0 Å². The molecule has 0 spiro atoms. The van der Waals surface area contributed by atoms with Gasteiger partial charge in [0.25, 0.3) is 5.91 Å². The first kappa shape index (κ1) is 13.9. The lowest BCUT2D eigenvalue weighted by atomic mass is 10.0. The second-order valence-corrected chi connectivity index (χ2v) is 4.25. The number of carbonyl (C=O) groups excluding carboxylic acids is 3. The summed E-state index contributed by atoms with van der Waals surface area (Å²) in [6.45, 7) is 3.68. The summed E-state index contributed by atoms with van der Waals surface area (Å²) in [5.41, 5.74) is 0.367. The third kappa shape index (κ3) is 2.59. The Morgan fingerprint density at radius 1 is 1.30 bits per heavy atom. The Morgan fingerprint density at radius 2 is 1.95 bits per heavy atom. The van der Waals surface area contributed by atoms with E-state index in [-0.39, 0.29) is 5.78 Å². The molecular formula is C14H14N2O4. The van der Waals surface area contributed by atoms with E-state index in [1.807, 2.05) is 6.92 Å². The standard InChI is InChI=1S/C14H14N2O4/c1-3-20-11-6-4-10(5-7-11)16-13(18)12(9(2)17)8-15-14(16)19/h4-8,12H,3H2,1-2H3. The van der Waals surface area contributed by atoms with E-state index in [2.05, 4.69) is 4.99 Å². The number of aliphatic imine (C=N–C) groups is 1. The summed E-state index contributed by atoms with van der Waals surface area (Å²) >= 11 is 0. The maximum absolute atomic E-state index is 12.2. The van der Waals surface area contributed by atoms with Gasteiger partial charge in [-0.2, -0.15) is 0 Å². The lowest BCUT2D eigenvalue weighted by Crippen LogP contribution is -2.45. The van der Waals surface area contributed by atoms with Crippen LogP contribution in [0.1, 0.15) is 13.8 Å². The van der Waals surface area contributed by atoms with E-state index in [0.29, 0.717) is 18.0 Å². The molecule has 0 saturated carbocycles. The van der Waals surface area contributed by atoms with Gasteiger partial charge in [-0.3, -0.25) is 9.59 Å². The molecule has 1 aromatic carbocycles. The molecule has 1 unspecified atom stereocenters. The van der Waals surface area contributed by atoms with E-state index in [9.17, 15) is 14.4 Å². The molecule has 104 valence electrons. The van der Waals surface area contributed by atoms with Gasteiger partial charge in [-0.15, -0.1) is 0 Å². The summed E-state index contributed by atoms with van der Waals surface area (Å²) in [7, 11) is 0. The number of carbonyl (C=O) groups is 3. The van der Waals surface area contributed by atoms with E-state index in [1.165, 1.54) is 6.92 Å². The summed E-state index contributed by atoms with van der Waals surface area (Å²) in [6, 6.07) is 5.77. The topological polar surface area (TPSA) is 76.0 Å². The molecule has 0 radical (unpaired) electrons. The van der Waals surface area contributed by atoms with Crippen LogP contribution in [0.25, 0.3) is 0 Å². The average Bonchev–Trinajstić information content (AvgIpc) is 2.40. The highest BCUT2D eigenvalue weighted by atomic mass is 16.5. The zero-order chi connectivity index (χ0) is 14.7. The Hall–Kier alpha value is -2.50. The van der Waals surface area contributed by atoms with Gasteiger partial charge >= 0.3 is 6.03 Å². The van der Waals surface area contributed by atoms with Crippen LogP contribution in [-0.2, 0) is 9.59 Å². The van der Waals surface area contributed by atoms with Crippen LogP contribution in [0.4, 0.5) is 10.5 Å². The molecule has 0 saturated heterocycles. The maximum Gasteiger partial charge on any atom is 0.354 e. The van der Waals surface area contributed by atoms with Crippen LogP contribution in [-0.4, -0.2) is 30.5 Å². The van der Waals surface area contributed by atoms with Crippen molar-refractivity contribution >= 4 is 29.6 Å². The first-order valence-corrected chi connectivity index (χ1v) is 6.20. The first-order chi connectivity index (χ1) is 9.54. The van der Waals surface area contributed by atoms with Gasteiger partial charge in [-0.05, 0) is 38.1 Å². The number of amides is 3. The molecule has 1 atom stereocenters. The van der Waals surface area contributed by atoms with Crippen molar-refractivity contribution in [1.29, 1.82) is 0 Å². The molecule has 0 aromatic heterocycles. The van der Waals surface area contributed by atoms with Gasteiger partial charge in [0, 0.05) is 6.21 Å². The van der Waals surface area contributed by atoms with Crippen molar-refractivity contribution in [3.63, 3.8) is 0 Å². The number of urea groups is 1. The van der Waals surface area contributed by atoms with Crippen molar-refractivity contribution in [3.05, 3.63) is 24.3 Å². The Kier molecular flexibility index (Phi) is 3.93. The molecule has 1 heterocycles. The molecule has 0 N–H and O–H groups in total. The first-order valence-electron chi connectivity index (χ1n) is 6.20. The highest BCUT2D eigenvalue weighted by molar-refractivity contribution is 6.29. The number of ether oxygens (including phenoxy) is 1. The lowest BCUT2D eigenvalue weighted by molar-refractivity contribution is -0.128. The minimum absolute atomic E-state index is 0.345. The lowest BCUT2D eigenvalue weighted by Gasteiger charge is -2.24. The number of nitrogens with zero attached hydrogens (tertiary/aromatic N) is 2. The molecule has 1 aliphatic rings. The Morgan fingerprint density at radius 3 is 2.50 bits per heavy atom. The fraction of sp³-hybridized carbons (Fsp3) is 0.286. The molecule has 1 aromatic rings. The van der Waals surface area contributed by atoms with Crippen molar-refractivity contribution in [2.45, 2.75) is 13.8 Å². The molecule has 6 nitrogen and oxygen atoms in total. The number of rotatable bonds is 4.